The Bertz CT molecular complexity index is 549. The summed E-state index contributed by atoms with van der Waals surface area (Å²) in [4.78, 5) is 12.4. The van der Waals surface area contributed by atoms with E-state index in [1.165, 1.54) is 0 Å². The molecule has 0 unspecified atom stereocenters. The molecule has 0 fully saturated rings. The second-order valence-electron chi connectivity index (χ2n) is 4.65. The van der Waals surface area contributed by atoms with Crippen molar-refractivity contribution in [2.24, 2.45) is 0 Å². The van der Waals surface area contributed by atoms with Gasteiger partial charge < -0.3 is 0 Å². The summed E-state index contributed by atoms with van der Waals surface area (Å²) in [5.74, 6) is 0.0488. The SMILES string of the molecule is CCCn1nccc1C(=O)c1cc(C)cc(C)c1. The van der Waals surface area contributed by atoms with Crippen LogP contribution in [0.2, 0.25) is 0 Å². The van der Waals surface area contributed by atoms with Crippen LogP contribution >= 0.6 is 0 Å². The van der Waals surface area contributed by atoms with Crippen LogP contribution in [0, 0.1) is 13.8 Å². The molecule has 18 heavy (non-hydrogen) atoms. The zero-order valence-electron chi connectivity index (χ0n) is 11.1. The highest BCUT2D eigenvalue weighted by Gasteiger charge is 2.14. The van der Waals surface area contributed by atoms with Gasteiger partial charge in [0.1, 0.15) is 5.69 Å². The summed E-state index contributed by atoms with van der Waals surface area (Å²) in [6.07, 6.45) is 2.65. The fourth-order valence-corrected chi connectivity index (χ4v) is 2.17. The number of hydrogen-bond acceptors (Lipinski definition) is 2. The Balaban J connectivity index is 2.38. The smallest absolute Gasteiger partial charge is 0.211 e. The van der Waals surface area contributed by atoms with E-state index in [9.17, 15) is 4.79 Å². The maximum absolute atomic E-state index is 12.4. The molecule has 1 aromatic carbocycles. The van der Waals surface area contributed by atoms with Gasteiger partial charge in [0.15, 0.2) is 0 Å². The summed E-state index contributed by atoms with van der Waals surface area (Å²) < 4.78 is 1.78. The molecule has 3 heteroatoms. The van der Waals surface area contributed by atoms with Gasteiger partial charge in [0.25, 0.3) is 0 Å². The molecule has 0 saturated heterocycles. The van der Waals surface area contributed by atoms with Crippen LogP contribution in [0.15, 0.2) is 30.5 Å². The first-order valence-corrected chi connectivity index (χ1v) is 6.26. The topological polar surface area (TPSA) is 34.9 Å². The first-order chi connectivity index (χ1) is 8.61. The molecule has 0 N–H and O–H groups in total. The lowest BCUT2D eigenvalue weighted by molar-refractivity contribution is 0.102. The van der Waals surface area contributed by atoms with Crippen molar-refractivity contribution >= 4 is 5.78 Å². The van der Waals surface area contributed by atoms with Gasteiger partial charge >= 0.3 is 0 Å². The molecule has 2 rings (SSSR count). The first-order valence-electron chi connectivity index (χ1n) is 6.26. The molecule has 0 bridgehead atoms. The number of carbonyl (C=O) groups excluding carboxylic acids is 1. The third-order valence-electron chi connectivity index (χ3n) is 2.87. The minimum atomic E-state index is 0.0488. The van der Waals surface area contributed by atoms with Crippen molar-refractivity contribution in [3.05, 3.63) is 52.8 Å². The standard InChI is InChI=1S/C15H18N2O/c1-4-7-17-14(5-6-16-17)15(18)13-9-11(2)8-12(3)10-13/h5-6,8-10H,4,7H2,1-3H3. The van der Waals surface area contributed by atoms with Crippen LogP contribution in [0.5, 0.6) is 0 Å². The maximum atomic E-state index is 12.4. The number of hydrogen-bond donors (Lipinski definition) is 0. The third kappa shape index (κ3) is 2.50. The summed E-state index contributed by atoms with van der Waals surface area (Å²) in [6.45, 7) is 6.87. The van der Waals surface area contributed by atoms with Crippen LogP contribution in [0.3, 0.4) is 0 Å². The molecule has 0 radical (unpaired) electrons. The fourth-order valence-electron chi connectivity index (χ4n) is 2.17. The van der Waals surface area contributed by atoms with E-state index in [4.69, 9.17) is 0 Å². The highest BCUT2D eigenvalue weighted by molar-refractivity contribution is 6.08. The Kier molecular flexibility index (Phi) is 3.60. The van der Waals surface area contributed by atoms with Crippen LogP contribution in [0.25, 0.3) is 0 Å². The summed E-state index contributed by atoms with van der Waals surface area (Å²) in [5.41, 5.74) is 3.63. The van der Waals surface area contributed by atoms with Gasteiger partial charge in [0, 0.05) is 18.3 Å². The molecule has 1 heterocycles. The van der Waals surface area contributed by atoms with E-state index < -0.39 is 0 Å². The number of aromatic nitrogens is 2. The van der Waals surface area contributed by atoms with Crippen LogP contribution < -0.4 is 0 Å². The Morgan fingerprint density at radius 3 is 2.50 bits per heavy atom. The van der Waals surface area contributed by atoms with Crippen molar-refractivity contribution < 1.29 is 4.79 Å². The second-order valence-corrected chi connectivity index (χ2v) is 4.65. The van der Waals surface area contributed by atoms with E-state index in [0.29, 0.717) is 5.69 Å². The molecule has 0 amide bonds. The molecule has 0 spiro atoms. The van der Waals surface area contributed by atoms with E-state index in [-0.39, 0.29) is 5.78 Å². The molecule has 2 aromatic rings. The normalized spacial score (nSPS) is 10.6. The van der Waals surface area contributed by atoms with Crippen LogP contribution in [-0.4, -0.2) is 15.6 Å². The van der Waals surface area contributed by atoms with Crippen LogP contribution in [-0.2, 0) is 6.54 Å². The van der Waals surface area contributed by atoms with Gasteiger partial charge in [-0.2, -0.15) is 5.10 Å². The van der Waals surface area contributed by atoms with Gasteiger partial charge in [0.2, 0.25) is 5.78 Å². The predicted octanol–water partition coefficient (Wildman–Crippen LogP) is 3.14. The molecule has 0 aliphatic heterocycles. The molecule has 0 aliphatic carbocycles. The Morgan fingerprint density at radius 2 is 1.89 bits per heavy atom. The molecule has 0 atom stereocenters. The predicted molar refractivity (Wildman–Crippen MR) is 71.9 cm³/mol. The summed E-state index contributed by atoms with van der Waals surface area (Å²) in [7, 11) is 0. The van der Waals surface area contributed by atoms with Gasteiger partial charge in [0.05, 0.1) is 0 Å². The maximum Gasteiger partial charge on any atom is 0.211 e. The van der Waals surface area contributed by atoms with Crippen molar-refractivity contribution in [2.75, 3.05) is 0 Å². The summed E-state index contributed by atoms with van der Waals surface area (Å²) in [6, 6.07) is 7.72. The van der Waals surface area contributed by atoms with Gasteiger partial charge in [-0.05, 0) is 38.5 Å². The highest BCUT2D eigenvalue weighted by atomic mass is 16.1. The van der Waals surface area contributed by atoms with Crippen molar-refractivity contribution in [2.45, 2.75) is 33.7 Å². The second kappa shape index (κ2) is 5.17. The van der Waals surface area contributed by atoms with Crippen molar-refractivity contribution in [1.82, 2.24) is 9.78 Å². The zero-order valence-corrected chi connectivity index (χ0v) is 11.1. The lowest BCUT2D eigenvalue weighted by Crippen LogP contribution is -2.11. The lowest BCUT2D eigenvalue weighted by Gasteiger charge is -2.07. The number of aryl methyl sites for hydroxylation is 3. The molecule has 0 aliphatic rings. The van der Waals surface area contributed by atoms with Crippen molar-refractivity contribution in [3.63, 3.8) is 0 Å². The van der Waals surface area contributed by atoms with Gasteiger partial charge in [-0.1, -0.05) is 24.1 Å². The Labute approximate surface area is 107 Å². The minimum absolute atomic E-state index is 0.0488. The van der Waals surface area contributed by atoms with Crippen LogP contribution in [0.1, 0.15) is 40.5 Å². The molecular formula is C15H18N2O. The number of carbonyl (C=O) groups is 1. The van der Waals surface area contributed by atoms with Crippen LogP contribution in [0.4, 0.5) is 0 Å². The zero-order chi connectivity index (χ0) is 13.1. The average Bonchev–Trinajstić information content (AvgIpc) is 2.75. The van der Waals surface area contributed by atoms with E-state index in [1.54, 1.807) is 16.9 Å². The summed E-state index contributed by atoms with van der Waals surface area (Å²) >= 11 is 0. The van der Waals surface area contributed by atoms with Crippen molar-refractivity contribution in [3.8, 4) is 0 Å². The molecular weight excluding hydrogens is 224 g/mol. The molecule has 0 saturated carbocycles. The number of rotatable bonds is 4. The van der Waals surface area contributed by atoms with Gasteiger partial charge in [-0.15, -0.1) is 0 Å². The van der Waals surface area contributed by atoms with E-state index in [0.717, 1.165) is 29.7 Å². The van der Waals surface area contributed by atoms with E-state index in [1.807, 2.05) is 26.0 Å². The van der Waals surface area contributed by atoms with E-state index >= 15 is 0 Å². The number of nitrogens with zero attached hydrogens (tertiary/aromatic N) is 2. The number of benzene rings is 1. The van der Waals surface area contributed by atoms with Gasteiger partial charge in [-0.3, -0.25) is 9.48 Å². The largest absolute Gasteiger partial charge is 0.287 e. The quantitative estimate of drug-likeness (QED) is 0.772. The average molecular weight is 242 g/mol. The van der Waals surface area contributed by atoms with Crippen molar-refractivity contribution in [1.29, 1.82) is 0 Å². The monoisotopic (exact) mass is 242 g/mol. The summed E-state index contributed by atoms with van der Waals surface area (Å²) in [5, 5.41) is 4.19. The highest BCUT2D eigenvalue weighted by Crippen LogP contribution is 2.14. The Hall–Kier alpha value is -1.90. The number of ketones is 1. The first kappa shape index (κ1) is 12.6. The lowest BCUT2D eigenvalue weighted by atomic mass is 10.0. The Morgan fingerprint density at radius 1 is 1.22 bits per heavy atom. The van der Waals surface area contributed by atoms with E-state index in [2.05, 4.69) is 18.1 Å². The van der Waals surface area contributed by atoms with Gasteiger partial charge in [-0.25, -0.2) is 0 Å². The minimum Gasteiger partial charge on any atom is -0.287 e. The molecule has 94 valence electrons. The molecule has 3 nitrogen and oxygen atoms in total. The third-order valence-corrected chi connectivity index (χ3v) is 2.87. The molecule has 1 aromatic heterocycles. The fraction of sp³-hybridized carbons (Fsp3) is 0.333.